The highest BCUT2D eigenvalue weighted by Gasteiger charge is 2.32. The molecule has 110 valence electrons. The highest BCUT2D eigenvalue weighted by Crippen LogP contribution is 2.26. The maximum Gasteiger partial charge on any atom is 0.288 e. The number of benzene rings is 1. The smallest absolute Gasteiger partial charge is 0.288 e. The van der Waals surface area contributed by atoms with E-state index in [9.17, 15) is 22.0 Å². The topological polar surface area (TPSA) is 63.2 Å². The van der Waals surface area contributed by atoms with Crippen molar-refractivity contribution in [2.75, 3.05) is 16.8 Å². The Kier molecular flexibility index (Phi) is 4.64. The minimum atomic E-state index is -3.10. The van der Waals surface area contributed by atoms with Crippen LogP contribution in [-0.2, 0) is 14.6 Å². The normalized spacial score (nSPS) is 21.1. The van der Waals surface area contributed by atoms with Crippen LogP contribution in [0.25, 0.3) is 0 Å². The zero-order valence-electron chi connectivity index (χ0n) is 10.4. The lowest BCUT2D eigenvalue weighted by molar-refractivity contribution is -0.119. The van der Waals surface area contributed by atoms with Gasteiger partial charge >= 0.3 is 0 Å². The second kappa shape index (κ2) is 6.09. The van der Waals surface area contributed by atoms with E-state index < -0.39 is 21.5 Å². The van der Waals surface area contributed by atoms with Gasteiger partial charge in [-0.15, -0.1) is 0 Å². The maximum absolute atomic E-state index is 12.1. The fraction of sp³-hybridized carbons (Fsp3) is 0.417. The Hall–Kier alpha value is -1.15. The van der Waals surface area contributed by atoms with E-state index >= 15 is 0 Å². The molecule has 0 aromatic heterocycles. The molecule has 0 radical (unpaired) electrons. The summed E-state index contributed by atoms with van der Waals surface area (Å²) in [5.74, 6) is -3.46. The fourth-order valence-corrected chi connectivity index (χ4v) is 4.21. The van der Waals surface area contributed by atoms with E-state index in [2.05, 4.69) is 5.32 Å². The third-order valence-corrected chi connectivity index (χ3v) is 5.44. The molecular weight excluding hydrogens is 308 g/mol. The zero-order valence-corrected chi connectivity index (χ0v) is 12.0. The van der Waals surface area contributed by atoms with Gasteiger partial charge in [0.25, 0.3) is 5.76 Å². The van der Waals surface area contributed by atoms with Crippen molar-refractivity contribution >= 4 is 33.2 Å². The molecule has 20 heavy (non-hydrogen) atoms. The molecule has 0 spiro atoms. The summed E-state index contributed by atoms with van der Waals surface area (Å²) in [6.07, 6.45) is 0.327. The van der Waals surface area contributed by atoms with Gasteiger partial charge in [-0.1, -0.05) is 11.8 Å². The fourth-order valence-electron chi connectivity index (χ4n) is 1.97. The molecule has 0 unspecified atom stereocenters. The van der Waals surface area contributed by atoms with Crippen LogP contribution in [0.15, 0.2) is 29.2 Å². The summed E-state index contributed by atoms with van der Waals surface area (Å²) < 4.78 is 46.9. The number of hydrogen-bond donors (Lipinski definition) is 1. The van der Waals surface area contributed by atoms with Crippen LogP contribution in [0.4, 0.5) is 14.5 Å². The van der Waals surface area contributed by atoms with Crippen LogP contribution >= 0.6 is 11.8 Å². The summed E-state index contributed by atoms with van der Waals surface area (Å²) in [7, 11) is -3.10. The van der Waals surface area contributed by atoms with Gasteiger partial charge in [-0.25, -0.2) is 8.42 Å². The number of carbonyl (C=O) groups is 1. The second-order valence-corrected chi connectivity index (χ2v) is 7.78. The number of thioether (sulfide) groups is 1. The number of rotatable bonds is 4. The summed E-state index contributed by atoms with van der Waals surface area (Å²) in [6, 6.07) is 6.01. The molecule has 1 fully saturated rings. The van der Waals surface area contributed by atoms with E-state index in [0.717, 1.165) is 0 Å². The number of carbonyl (C=O) groups excluding carboxylic acids is 1. The Labute approximate surface area is 119 Å². The zero-order chi connectivity index (χ0) is 14.8. The predicted octanol–water partition coefficient (Wildman–Crippen LogP) is 2.37. The standard InChI is InChI=1S/C12H13F2NO3S2/c13-12(14)19-10-3-1-9(2-4-10)15-11(16)8-5-6-20(17,18)7-8/h1-4,8,12H,5-7H2,(H,15,16)/t8-/m0/s1. The average Bonchev–Trinajstić information content (AvgIpc) is 2.72. The molecule has 4 nitrogen and oxygen atoms in total. The van der Waals surface area contributed by atoms with Gasteiger partial charge in [-0.2, -0.15) is 8.78 Å². The highest BCUT2D eigenvalue weighted by molar-refractivity contribution is 7.99. The van der Waals surface area contributed by atoms with Gasteiger partial charge in [0, 0.05) is 10.6 Å². The monoisotopic (exact) mass is 321 g/mol. The lowest BCUT2D eigenvalue weighted by atomic mass is 10.1. The maximum atomic E-state index is 12.1. The van der Waals surface area contributed by atoms with Crippen molar-refractivity contribution in [3.8, 4) is 0 Å². The minimum Gasteiger partial charge on any atom is -0.326 e. The van der Waals surface area contributed by atoms with Gasteiger partial charge in [0.05, 0.1) is 17.4 Å². The van der Waals surface area contributed by atoms with Crippen LogP contribution in [0.5, 0.6) is 0 Å². The molecule has 1 aromatic carbocycles. The molecular formula is C12H13F2NO3S2. The van der Waals surface area contributed by atoms with Crippen LogP contribution in [0, 0.1) is 5.92 Å². The first-order chi connectivity index (χ1) is 9.35. The van der Waals surface area contributed by atoms with Crippen LogP contribution in [0.3, 0.4) is 0 Å². The third kappa shape index (κ3) is 4.17. The number of anilines is 1. The molecule has 1 heterocycles. The van der Waals surface area contributed by atoms with Crippen molar-refractivity contribution in [1.29, 1.82) is 0 Å². The summed E-state index contributed by atoms with van der Waals surface area (Å²) in [5, 5.41) is 2.60. The Bertz CT molecular complexity index is 587. The van der Waals surface area contributed by atoms with Crippen LogP contribution in [0.1, 0.15) is 6.42 Å². The molecule has 1 saturated heterocycles. The van der Waals surface area contributed by atoms with Crippen molar-refractivity contribution in [2.24, 2.45) is 5.92 Å². The molecule has 1 aromatic rings. The number of sulfone groups is 1. The summed E-state index contributed by atoms with van der Waals surface area (Å²) in [6.45, 7) is 0. The first-order valence-corrected chi connectivity index (χ1v) is 8.62. The largest absolute Gasteiger partial charge is 0.326 e. The van der Waals surface area contributed by atoms with E-state index in [4.69, 9.17) is 0 Å². The molecule has 2 rings (SSSR count). The van der Waals surface area contributed by atoms with Gasteiger partial charge in [0.1, 0.15) is 0 Å². The number of halogens is 2. The van der Waals surface area contributed by atoms with Gasteiger partial charge in [0.2, 0.25) is 5.91 Å². The number of alkyl halides is 2. The lowest BCUT2D eigenvalue weighted by Crippen LogP contribution is -2.23. The molecule has 1 aliphatic heterocycles. The van der Waals surface area contributed by atoms with Crippen LogP contribution < -0.4 is 5.32 Å². The van der Waals surface area contributed by atoms with E-state index in [1.807, 2.05) is 0 Å². The van der Waals surface area contributed by atoms with Crippen molar-refractivity contribution < 1.29 is 22.0 Å². The SMILES string of the molecule is O=C(Nc1ccc(SC(F)F)cc1)[C@H]1CCS(=O)(=O)C1. The van der Waals surface area contributed by atoms with Gasteiger partial charge in [0.15, 0.2) is 9.84 Å². The molecule has 1 aliphatic rings. The molecule has 0 aliphatic carbocycles. The second-order valence-electron chi connectivity index (χ2n) is 4.49. The Morgan fingerprint density at radius 2 is 1.95 bits per heavy atom. The molecule has 1 N–H and O–H groups in total. The first kappa shape index (κ1) is 15.2. The van der Waals surface area contributed by atoms with Crippen molar-refractivity contribution in [1.82, 2.24) is 0 Å². The summed E-state index contributed by atoms with van der Waals surface area (Å²) in [4.78, 5) is 12.3. The molecule has 0 saturated carbocycles. The Morgan fingerprint density at radius 1 is 1.30 bits per heavy atom. The predicted molar refractivity (Wildman–Crippen MR) is 73.7 cm³/mol. The minimum absolute atomic E-state index is 0.0368. The van der Waals surface area contributed by atoms with Gasteiger partial charge < -0.3 is 5.32 Å². The number of hydrogen-bond acceptors (Lipinski definition) is 4. The van der Waals surface area contributed by atoms with Crippen molar-refractivity contribution in [2.45, 2.75) is 17.1 Å². The van der Waals surface area contributed by atoms with Crippen molar-refractivity contribution in [3.05, 3.63) is 24.3 Å². The summed E-state index contributed by atoms with van der Waals surface area (Å²) >= 11 is 0.426. The molecule has 0 bridgehead atoms. The lowest BCUT2D eigenvalue weighted by Gasteiger charge is -2.10. The van der Waals surface area contributed by atoms with E-state index in [-0.39, 0.29) is 17.4 Å². The van der Waals surface area contributed by atoms with E-state index in [1.165, 1.54) is 24.3 Å². The summed E-state index contributed by atoms with van der Waals surface area (Å²) in [5.41, 5.74) is 0.470. The first-order valence-electron chi connectivity index (χ1n) is 5.92. The number of nitrogens with one attached hydrogen (secondary N) is 1. The molecule has 1 atom stereocenters. The van der Waals surface area contributed by atoms with Gasteiger partial charge in [-0.3, -0.25) is 4.79 Å². The van der Waals surface area contributed by atoms with Crippen LogP contribution in [0.2, 0.25) is 0 Å². The van der Waals surface area contributed by atoms with E-state index in [0.29, 0.717) is 28.8 Å². The quantitative estimate of drug-likeness (QED) is 0.865. The molecule has 8 heteroatoms. The highest BCUT2D eigenvalue weighted by atomic mass is 32.2. The Morgan fingerprint density at radius 3 is 2.45 bits per heavy atom. The van der Waals surface area contributed by atoms with Crippen molar-refractivity contribution in [3.63, 3.8) is 0 Å². The Balaban J connectivity index is 1.95. The van der Waals surface area contributed by atoms with Gasteiger partial charge in [-0.05, 0) is 30.7 Å². The van der Waals surface area contributed by atoms with Crippen LogP contribution in [-0.4, -0.2) is 31.6 Å². The van der Waals surface area contributed by atoms with E-state index in [1.54, 1.807) is 0 Å². The number of amides is 1. The third-order valence-electron chi connectivity index (χ3n) is 2.95. The average molecular weight is 321 g/mol. The molecule has 1 amide bonds.